The molecule has 1 unspecified atom stereocenters. The maximum atomic E-state index is 13.0. The fourth-order valence-electron chi connectivity index (χ4n) is 3.38. The van der Waals surface area contributed by atoms with Gasteiger partial charge in [-0.1, -0.05) is 6.92 Å². The minimum atomic E-state index is -2.53. The highest BCUT2D eigenvalue weighted by Crippen LogP contribution is 2.35. The lowest BCUT2D eigenvalue weighted by molar-refractivity contribution is 0.122. The Morgan fingerprint density at radius 3 is 2.97 bits per heavy atom. The van der Waals surface area contributed by atoms with Gasteiger partial charge in [0.1, 0.15) is 18.1 Å². The van der Waals surface area contributed by atoms with E-state index in [-0.39, 0.29) is 0 Å². The molecule has 3 N–H and O–H groups in total. The van der Waals surface area contributed by atoms with Gasteiger partial charge in [-0.15, -0.1) is 0 Å². The summed E-state index contributed by atoms with van der Waals surface area (Å²) in [4.78, 5) is 13.1. The van der Waals surface area contributed by atoms with Gasteiger partial charge in [0.2, 0.25) is 5.95 Å². The molecule has 4 rings (SSSR count). The maximum absolute atomic E-state index is 13.0. The number of hydrogen-bond donors (Lipinski definition) is 3. The molecule has 0 aliphatic carbocycles. The number of nitrogens with zero attached hydrogens (tertiary/aromatic N) is 5. The second kappa shape index (κ2) is 8.31. The summed E-state index contributed by atoms with van der Waals surface area (Å²) in [7, 11) is 0. The van der Waals surface area contributed by atoms with E-state index in [0.717, 1.165) is 23.5 Å². The molecule has 10 heteroatoms. The van der Waals surface area contributed by atoms with Crippen LogP contribution in [-0.4, -0.2) is 55.5 Å². The van der Waals surface area contributed by atoms with Crippen molar-refractivity contribution in [3.63, 3.8) is 0 Å². The molecular formula is C20H23F2N7O. The van der Waals surface area contributed by atoms with E-state index in [0.29, 0.717) is 35.4 Å². The predicted octanol–water partition coefficient (Wildman–Crippen LogP) is 2.99. The summed E-state index contributed by atoms with van der Waals surface area (Å²) in [6.07, 6.45) is 1.75. The molecule has 0 fully saturated rings. The molecular weight excluding hydrogens is 392 g/mol. The molecule has 0 bridgehead atoms. The number of aliphatic hydroxyl groups excluding tert-OH is 1. The number of aliphatic hydroxyl groups is 1. The Balaban J connectivity index is 1.76. The smallest absolute Gasteiger partial charge is 0.257 e. The number of fused-ring (bicyclic) bond motifs is 1. The molecule has 158 valence electrons. The van der Waals surface area contributed by atoms with Crippen LogP contribution in [0.5, 0.6) is 0 Å². The number of rotatable bonds is 7. The Morgan fingerprint density at radius 2 is 2.20 bits per heavy atom. The average Bonchev–Trinajstić information content (AvgIpc) is 3.30. The Labute approximate surface area is 172 Å². The average molecular weight is 415 g/mol. The van der Waals surface area contributed by atoms with Crippen molar-refractivity contribution < 1.29 is 13.9 Å². The monoisotopic (exact) mass is 415 g/mol. The third-order valence-corrected chi connectivity index (χ3v) is 4.87. The number of pyridine rings is 1. The summed E-state index contributed by atoms with van der Waals surface area (Å²) in [6, 6.07) is 3.70. The van der Waals surface area contributed by atoms with Crippen LogP contribution >= 0.6 is 0 Å². The van der Waals surface area contributed by atoms with Gasteiger partial charge in [0.15, 0.2) is 0 Å². The maximum Gasteiger partial charge on any atom is 0.257 e. The molecule has 0 saturated heterocycles. The van der Waals surface area contributed by atoms with Crippen LogP contribution in [0, 0.1) is 0 Å². The van der Waals surface area contributed by atoms with Crippen molar-refractivity contribution in [2.75, 3.05) is 23.7 Å². The molecule has 3 aromatic heterocycles. The summed E-state index contributed by atoms with van der Waals surface area (Å²) < 4.78 is 27.2. The first-order chi connectivity index (χ1) is 14.4. The molecule has 1 aliphatic heterocycles. The van der Waals surface area contributed by atoms with Crippen molar-refractivity contribution >= 4 is 11.8 Å². The van der Waals surface area contributed by atoms with Crippen molar-refractivity contribution in [2.45, 2.75) is 38.8 Å². The van der Waals surface area contributed by atoms with Crippen LogP contribution in [0.1, 0.15) is 25.3 Å². The number of anilines is 2. The standard InChI is InChI=1S/C20H23F2N7O/c1-11-6-24-19-14(11)5-13(8-25-19)18-15(9-29(28-18)10-17(21)22)16-3-4-23-20(27-16)26-7-12(2)30/h3-5,8-9,11-12,17,30H,6-7,10H2,1-2H3,(H,24,25)(H,23,26,27)/t11?,12-/m0/s1. The third-order valence-electron chi connectivity index (χ3n) is 4.87. The first-order valence-corrected chi connectivity index (χ1v) is 9.76. The zero-order valence-corrected chi connectivity index (χ0v) is 16.7. The van der Waals surface area contributed by atoms with Crippen molar-refractivity contribution in [1.82, 2.24) is 24.7 Å². The zero-order valence-electron chi connectivity index (χ0n) is 16.7. The quantitative estimate of drug-likeness (QED) is 0.545. The van der Waals surface area contributed by atoms with Crippen LogP contribution in [0.15, 0.2) is 30.7 Å². The highest BCUT2D eigenvalue weighted by Gasteiger charge is 2.23. The lowest BCUT2D eigenvalue weighted by atomic mass is 10.0. The van der Waals surface area contributed by atoms with Crippen molar-refractivity contribution in [2.24, 2.45) is 0 Å². The summed E-state index contributed by atoms with van der Waals surface area (Å²) in [5.41, 5.74) is 3.50. The molecule has 0 aromatic carbocycles. The van der Waals surface area contributed by atoms with Gasteiger partial charge in [-0.2, -0.15) is 5.10 Å². The van der Waals surface area contributed by atoms with Crippen molar-refractivity contribution in [3.8, 4) is 22.5 Å². The summed E-state index contributed by atoms with van der Waals surface area (Å²) in [6.45, 7) is 4.34. The van der Waals surface area contributed by atoms with E-state index in [1.807, 2.05) is 6.07 Å². The van der Waals surface area contributed by atoms with E-state index >= 15 is 0 Å². The van der Waals surface area contributed by atoms with Gasteiger partial charge < -0.3 is 15.7 Å². The van der Waals surface area contributed by atoms with E-state index in [1.165, 1.54) is 4.68 Å². The zero-order chi connectivity index (χ0) is 21.3. The molecule has 8 nitrogen and oxygen atoms in total. The lowest BCUT2D eigenvalue weighted by Crippen LogP contribution is -2.16. The largest absolute Gasteiger partial charge is 0.392 e. The minimum absolute atomic E-state index is 0.292. The molecule has 30 heavy (non-hydrogen) atoms. The highest BCUT2D eigenvalue weighted by atomic mass is 19.3. The van der Waals surface area contributed by atoms with Crippen LogP contribution in [0.4, 0.5) is 20.5 Å². The predicted molar refractivity (Wildman–Crippen MR) is 110 cm³/mol. The highest BCUT2D eigenvalue weighted by molar-refractivity contribution is 5.79. The molecule has 4 heterocycles. The van der Waals surface area contributed by atoms with E-state index in [1.54, 1.807) is 31.6 Å². The van der Waals surface area contributed by atoms with E-state index in [4.69, 9.17) is 0 Å². The molecule has 0 radical (unpaired) electrons. The molecule has 3 aromatic rings. The van der Waals surface area contributed by atoms with Gasteiger partial charge in [0.25, 0.3) is 6.43 Å². The van der Waals surface area contributed by atoms with Crippen molar-refractivity contribution in [1.29, 1.82) is 0 Å². The molecule has 0 amide bonds. The minimum Gasteiger partial charge on any atom is -0.392 e. The summed E-state index contributed by atoms with van der Waals surface area (Å²) in [5.74, 6) is 1.48. The molecule has 2 atom stereocenters. The Hall–Kier alpha value is -3.14. The Bertz CT molecular complexity index is 1040. The van der Waals surface area contributed by atoms with Gasteiger partial charge in [-0.3, -0.25) is 4.68 Å². The fourth-order valence-corrected chi connectivity index (χ4v) is 3.38. The number of halogens is 2. The summed E-state index contributed by atoms with van der Waals surface area (Å²) >= 11 is 0. The van der Waals surface area contributed by atoms with Gasteiger partial charge in [0, 0.05) is 48.7 Å². The number of nitrogens with one attached hydrogen (secondary N) is 2. The van der Waals surface area contributed by atoms with E-state index < -0.39 is 19.1 Å². The van der Waals surface area contributed by atoms with Crippen LogP contribution in [-0.2, 0) is 6.54 Å². The first kappa shape index (κ1) is 20.1. The second-order valence-electron chi connectivity index (χ2n) is 7.44. The van der Waals surface area contributed by atoms with E-state index in [9.17, 15) is 13.9 Å². The molecule has 0 saturated carbocycles. The van der Waals surface area contributed by atoms with Crippen LogP contribution < -0.4 is 10.6 Å². The first-order valence-electron chi connectivity index (χ1n) is 9.76. The summed E-state index contributed by atoms with van der Waals surface area (Å²) in [5, 5.41) is 20.1. The lowest BCUT2D eigenvalue weighted by Gasteiger charge is -2.09. The second-order valence-corrected chi connectivity index (χ2v) is 7.44. The SMILES string of the molecule is CC1CNc2ncc(-c3nn(CC(F)F)cc3-c3ccnc(NC[C@H](C)O)n3)cc21. The Morgan fingerprint density at radius 1 is 1.37 bits per heavy atom. The van der Waals surface area contributed by atoms with E-state index in [2.05, 4.69) is 37.6 Å². The van der Waals surface area contributed by atoms with Crippen LogP contribution in [0.2, 0.25) is 0 Å². The van der Waals surface area contributed by atoms with Crippen LogP contribution in [0.3, 0.4) is 0 Å². The molecule has 1 aliphatic rings. The number of alkyl halides is 2. The number of hydrogen-bond acceptors (Lipinski definition) is 7. The third kappa shape index (κ3) is 4.23. The number of aromatic nitrogens is 5. The Kier molecular flexibility index (Phi) is 5.58. The topological polar surface area (TPSA) is 101 Å². The van der Waals surface area contributed by atoms with Crippen molar-refractivity contribution in [3.05, 3.63) is 36.3 Å². The van der Waals surface area contributed by atoms with Gasteiger partial charge in [-0.25, -0.2) is 23.7 Å². The fraction of sp³-hybridized carbons (Fsp3) is 0.400. The van der Waals surface area contributed by atoms with Gasteiger partial charge in [0.05, 0.1) is 11.8 Å². The van der Waals surface area contributed by atoms with Crippen LogP contribution in [0.25, 0.3) is 22.5 Å². The van der Waals surface area contributed by atoms with Gasteiger partial charge in [-0.05, 0) is 24.6 Å². The molecule has 0 spiro atoms. The van der Waals surface area contributed by atoms with Gasteiger partial charge >= 0.3 is 0 Å². The normalized spacial score (nSPS) is 16.4.